The van der Waals surface area contributed by atoms with Gasteiger partial charge in [-0.2, -0.15) is 4.31 Å². The fourth-order valence-corrected chi connectivity index (χ4v) is 5.42. The summed E-state index contributed by atoms with van der Waals surface area (Å²) in [5.41, 5.74) is 1.17. The van der Waals surface area contributed by atoms with Crippen LogP contribution in [0, 0.1) is 5.92 Å². The van der Waals surface area contributed by atoms with Crippen LogP contribution >= 0.6 is 15.9 Å². The Bertz CT molecular complexity index is 1040. The molecule has 0 radical (unpaired) electrons. The molecule has 0 aromatic heterocycles. The van der Waals surface area contributed by atoms with Crippen LogP contribution in [0.25, 0.3) is 0 Å². The second-order valence-electron chi connectivity index (χ2n) is 7.35. The van der Waals surface area contributed by atoms with Gasteiger partial charge >= 0.3 is 0 Å². The van der Waals surface area contributed by atoms with Crippen molar-refractivity contribution in [1.82, 2.24) is 4.31 Å². The van der Waals surface area contributed by atoms with Crippen molar-refractivity contribution >= 4 is 43.3 Å². The molecule has 1 fully saturated rings. The van der Waals surface area contributed by atoms with Crippen LogP contribution in [-0.4, -0.2) is 37.5 Å². The first-order valence-electron chi connectivity index (χ1n) is 9.40. The zero-order valence-corrected chi connectivity index (χ0v) is 18.7. The number of rotatable bonds is 5. The number of benzene rings is 2. The van der Waals surface area contributed by atoms with E-state index < -0.39 is 15.9 Å². The van der Waals surface area contributed by atoms with Crippen LogP contribution in [-0.2, 0) is 10.0 Å². The summed E-state index contributed by atoms with van der Waals surface area (Å²) in [6.07, 6.45) is 1.65. The molecule has 29 heavy (non-hydrogen) atoms. The predicted octanol–water partition coefficient (Wildman–Crippen LogP) is 4.32. The normalized spacial score (nSPS) is 15.8. The summed E-state index contributed by atoms with van der Waals surface area (Å²) >= 11 is 3.32. The number of carbonyl (C=O) groups is 2. The third kappa shape index (κ3) is 5.12. The van der Waals surface area contributed by atoms with Gasteiger partial charge in [-0.25, -0.2) is 8.42 Å². The first kappa shape index (κ1) is 21.7. The van der Waals surface area contributed by atoms with Gasteiger partial charge in [0.15, 0.2) is 5.78 Å². The number of halogens is 1. The molecule has 1 aliphatic rings. The number of ketones is 1. The first-order chi connectivity index (χ1) is 13.7. The quantitative estimate of drug-likeness (QED) is 0.648. The van der Waals surface area contributed by atoms with Gasteiger partial charge in [-0.3, -0.25) is 9.59 Å². The molecule has 0 unspecified atom stereocenters. The fraction of sp³-hybridized carbons (Fsp3) is 0.333. The summed E-state index contributed by atoms with van der Waals surface area (Å²) < 4.78 is 28.1. The van der Waals surface area contributed by atoms with Gasteiger partial charge in [0.25, 0.3) is 5.91 Å². The number of nitrogens with zero attached hydrogens (tertiary/aromatic N) is 1. The maximum Gasteiger partial charge on any atom is 0.255 e. The van der Waals surface area contributed by atoms with Gasteiger partial charge in [-0.05, 0) is 56.0 Å². The van der Waals surface area contributed by atoms with Crippen LogP contribution in [0.1, 0.15) is 47.4 Å². The van der Waals surface area contributed by atoms with Crippen molar-refractivity contribution in [3.05, 3.63) is 58.1 Å². The predicted molar refractivity (Wildman–Crippen MR) is 116 cm³/mol. The van der Waals surface area contributed by atoms with Crippen molar-refractivity contribution in [3.8, 4) is 0 Å². The van der Waals surface area contributed by atoms with Crippen molar-refractivity contribution in [3.63, 3.8) is 0 Å². The third-order valence-corrected chi connectivity index (χ3v) is 7.38. The Morgan fingerprint density at radius 1 is 1.07 bits per heavy atom. The van der Waals surface area contributed by atoms with Crippen LogP contribution in [0.3, 0.4) is 0 Å². The SMILES string of the molecule is CC(=O)c1cccc(NC(=O)c2cc(Br)cc(S(=O)(=O)N3CCC(C)CC3)c2)c1. The topological polar surface area (TPSA) is 83.5 Å². The summed E-state index contributed by atoms with van der Waals surface area (Å²) in [5, 5.41) is 2.72. The summed E-state index contributed by atoms with van der Waals surface area (Å²) in [6.45, 7) is 4.53. The van der Waals surface area contributed by atoms with E-state index in [1.807, 2.05) is 0 Å². The van der Waals surface area contributed by atoms with Crippen LogP contribution in [0.4, 0.5) is 5.69 Å². The number of hydrogen-bond acceptors (Lipinski definition) is 4. The highest BCUT2D eigenvalue weighted by Gasteiger charge is 2.29. The lowest BCUT2D eigenvalue weighted by Gasteiger charge is -2.29. The third-order valence-electron chi connectivity index (χ3n) is 5.04. The lowest BCUT2D eigenvalue weighted by molar-refractivity contribution is 0.101. The Balaban J connectivity index is 1.86. The number of anilines is 1. The van der Waals surface area contributed by atoms with Gasteiger partial charge < -0.3 is 5.32 Å². The minimum Gasteiger partial charge on any atom is -0.322 e. The molecule has 0 aliphatic carbocycles. The van der Waals surface area contributed by atoms with Gasteiger partial charge in [0, 0.05) is 34.4 Å². The van der Waals surface area contributed by atoms with Gasteiger partial charge in [0.2, 0.25) is 10.0 Å². The lowest BCUT2D eigenvalue weighted by Crippen LogP contribution is -2.38. The number of sulfonamides is 1. The van der Waals surface area contributed by atoms with E-state index in [-0.39, 0.29) is 16.2 Å². The molecule has 3 rings (SSSR count). The average Bonchev–Trinajstić information content (AvgIpc) is 2.68. The van der Waals surface area contributed by atoms with Crippen LogP contribution in [0.2, 0.25) is 0 Å². The van der Waals surface area contributed by atoms with E-state index in [9.17, 15) is 18.0 Å². The molecular weight excluding hydrogens is 456 g/mol. The highest BCUT2D eigenvalue weighted by atomic mass is 79.9. The maximum atomic E-state index is 13.0. The summed E-state index contributed by atoms with van der Waals surface area (Å²) in [7, 11) is -3.68. The second kappa shape index (κ2) is 8.77. The fourth-order valence-electron chi connectivity index (χ4n) is 3.24. The van der Waals surface area contributed by atoms with E-state index in [1.54, 1.807) is 30.3 Å². The monoisotopic (exact) mass is 478 g/mol. The molecular formula is C21H23BrN2O4S. The van der Waals surface area contributed by atoms with E-state index in [2.05, 4.69) is 28.2 Å². The molecule has 1 aliphatic heterocycles. The van der Waals surface area contributed by atoms with Gasteiger partial charge in [0.05, 0.1) is 4.90 Å². The van der Waals surface area contributed by atoms with E-state index in [1.165, 1.54) is 23.4 Å². The number of hydrogen-bond donors (Lipinski definition) is 1. The van der Waals surface area contributed by atoms with Gasteiger partial charge in [-0.1, -0.05) is 35.0 Å². The minimum absolute atomic E-state index is 0.0871. The molecule has 6 nitrogen and oxygen atoms in total. The Kier molecular flexibility index (Phi) is 6.55. The molecule has 1 heterocycles. The van der Waals surface area contributed by atoms with Crippen molar-refractivity contribution in [2.75, 3.05) is 18.4 Å². The Labute approximate surface area is 179 Å². The molecule has 1 N–H and O–H groups in total. The summed E-state index contributed by atoms with van der Waals surface area (Å²) in [5.74, 6) is -0.0421. The average molecular weight is 479 g/mol. The molecule has 8 heteroatoms. The molecule has 0 atom stereocenters. The number of amides is 1. The standard InChI is InChI=1S/C21H23BrN2O4S/c1-14-6-8-24(9-7-14)29(27,28)20-12-17(10-18(22)13-20)21(26)23-19-5-3-4-16(11-19)15(2)25/h3-5,10-14H,6-9H2,1-2H3,(H,23,26). The Morgan fingerprint density at radius 2 is 1.76 bits per heavy atom. The molecule has 2 aromatic carbocycles. The molecule has 1 amide bonds. The summed E-state index contributed by atoms with van der Waals surface area (Å²) in [6, 6.07) is 11.1. The number of carbonyl (C=O) groups excluding carboxylic acids is 2. The number of Topliss-reactive ketones (excluding diaryl/α,β-unsaturated/α-hetero) is 1. The maximum absolute atomic E-state index is 13.0. The van der Waals surface area contributed by atoms with E-state index in [0.717, 1.165) is 12.8 Å². The molecule has 2 aromatic rings. The van der Waals surface area contributed by atoms with Gasteiger partial charge in [-0.15, -0.1) is 0 Å². The summed E-state index contributed by atoms with van der Waals surface area (Å²) in [4.78, 5) is 24.3. The zero-order valence-electron chi connectivity index (χ0n) is 16.3. The molecule has 0 spiro atoms. The second-order valence-corrected chi connectivity index (χ2v) is 10.2. The molecule has 1 saturated heterocycles. The number of nitrogens with one attached hydrogen (secondary N) is 1. The van der Waals surface area contributed by atoms with Crippen molar-refractivity contribution in [2.24, 2.45) is 5.92 Å². The molecule has 0 bridgehead atoms. The van der Waals surface area contributed by atoms with Crippen LogP contribution < -0.4 is 5.32 Å². The lowest BCUT2D eigenvalue weighted by atomic mass is 10.0. The Morgan fingerprint density at radius 3 is 2.41 bits per heavy atom. The highest BCUT2D eigenvalue weighted by molar-refractivity contribution is 9.10. The first-order valence-corrected chi connectivity index (χ1v) is 11.6. The smallest absolute Gasteiger partial charge is 0.255 e. The van der Waals surface area contributed by atoms with Crippen molar-refractivity contribution in [2.45, 2.75) is 31.6 Å². The van der Waals surface area contributed by atoms with Crippen LogP contribution in [0.5, 0.6) is 0 Å². The Hall–Kier alpha value is -2.03. The van der Waals surface area contributed by atoms with Crippen molar-refractivity contribution < 1.29 is 18.0 Å². The molecule has 154 valence electrons. The highest BCUT2D eigenvalue weighted by Crippen LogP contribution is 2.27. The van der Waals surface area contributed by atoms with E-state index in [0.29, 0.717) is 34.7 Å². The van der Waals surface area contributed by atoms with Crippen LogP contribution in [0.15, 0.2) is 51.8 Å². The molecule has 0 saturated carbocycles. The van der Waals surface area contributed by atoms with Crippen molar-refractivity contribution in [1.29, 1.82) is 0 Å². The van der Waals surface area contributed by atoms with E-state index in [4.69, 9.17) is 0 Å². The minimum atomic E-state index is -3.68. The van der Waals surface area contributed by atoms with Gasteiger partial charge in [0.1, 0.15) is 0 Å². The zero-order chi connectivity index (χ0) is 21.2. The largest absolute Gasteiger partial charge is 0.322 e. The van der Waals surface area contributed by atoms with E-state index >= 15 is 0 Å². The number of piperidine rings is 1.